The predicted octanol–water partition coefficient (Wildman–Crippen LogP) is 2.37. The standard InChI is InChI=1S/C14H12N2O2/c17-12-9-5-4-8-11(12)14-16-15-13(18-14)10-6-2-1-3-7-10/h1-9,13,15,17H. The van der Waals surface area contributed by atoms with E-state index in [1.807, 2.05) is 36.4 Å². The number of nitrogens with one attached hydrogen (secondary N) is 1. The van der Waals surface area contributed by atoms with Crippen molar-refractivity contribution in [1.82, 2.24) is 5.43 Å². The minimum absolute atomic E-state index is 0.159. The molecule has 1 unspecified atom stereocenters. The van der Waals surface area contributed by atoms with Gasteiger partial charge in [0.05, 0.1) is 5.56 Å². The Morgan fingerprint density at radius 1 is 1.00 bits per heavy atom. The van der Waals surface area contributed by atoms with Crippen LogP contribution in [-0.4, -0.2) is 11.0 Å². The van der Waals surface area contributed by atoms with Crippen molar-refractivity contribution >= 4 is 5.90 Å². The summed E-state index contributed by atoms with van der Waals surface area (Å²) in [5, 5.41) is 13.8. The molecule has 4 heteroatoms. The molecule has 0 amide bonds. The third-order valence-corrected chi connectivity index (χ3v) is 2.75. The smallest absolute Gasteiger partial charge is 0.244 e. The molecule has 90 valence electrons. The first kappa shape index (κ1) is 10.7. The lowest BCUT2D eigenvalue weighted by atomic mass is 10.2. The van der Waals surface area contributed by atoms with Gasteiger partial charge in [0, 0.05) is 5.56 Å². The third-order valence-electron chi connectivity index (χ3n) is 2.75. The Balaban J connectivity index is 1.82. The molecule has 0 fully saturated rings. The van der Waals surface area contributed by atoms with E-state index < -0.39 is 0 Å². The molecule has 2 aromatic rings. The van der Waals surface area contributed by atoms with E-state index in [9.17, 15) is 5.11 Å². The molecule has 0 bridgehead atoms. The minimum Gasteiger partial charge on any atom is -0.507 e. The summed E-state index contributed by atoms with van der Waals surface area (Å²) >= 11 is 0. The van der Waals surface area contributed by atoms with E-state index >= 15 is 0 Å². The van der Waals surface area contributed by atoms with Crippen LogP contribution in [0.3, 0.4) is 0 Å². The number of hydrazone groups is 1. The number of phenols is 1. The van der Waals surface area contributed by atoms with E-state index in [1.165, 1.54) is 0 Å². The second-order valence-electron chi connectivity index (χ2n) is 3.97. The minimum atomic E-state index is -0.305. The van der Waals surface area contributed by atoms with Crippen LogP contribution in [0.5, 0.6) is 5.75 Å². The largest absolute Gasteiger partial charge is 0.507 e. The normalized spacial score (nSPS) is 17.8. The first-order valence-corrected chi connectivity index (χ1v) is 5.68. The lowest BCUT2D eigenvalue weighted by Crippen LogP contribution is -2.12. The second kappa shape index (κ2) is 4.41. The first-order valence-electron chi connectivity index (χ1n) is 5.68. The molecule has 18 heavy (non-hydrogen) atoms. The highest BCUT2D eigenvalue weighted by Gasteiger charge is 2.23. The highest BCUT2D eigenvalue weighted by molar-refractivity contribution is 5.97. The number of para-hydroxylation sites is 1. The molecular formula is C14H12N2O2. The van der Waals surface area contributed by atoms with Crippen LogP contribution >= 0.6 is 0 Å². The number of aromatic hydroxyl groups is 1. The van der Waals surface area contributed by atoms with Crippen LogP contribution in [0.4, 0.5) is 0 Å². The maximum atomic E-state index is 9.74. The summed E-state index contributed by atoms with van der Waals surface area (Å²) in [6, 6.07) is 16.7. The van der Waals surface area contributed by atoms with Gasteiger partial charge in [-0.2, -0.15) is 0 Å². The van der Waals surface area contributed by atoms with E-state index in [2.05, 4.69) is 10.5 Å². The molecule has 0 radical (unpaired) electrons. The zero-order valence-electron chi connectivity index (χ0n) is 9.58. The molecule has 1 aliphatic rings. The zero-order valence-corrected chi connectivity index (χ0v) is 9.58. The molecule has 0 spiro atoms. The quantitative estimate of drug-likeness (QED) is 0.847. The van der Waals surface area contributed by atoms with Gasteiger partial charge >= 0.3 is 0 Å². The molecule has 0 aromatic heterocycles. The summed E-state index contributed by atoms with van der Waals surface area (Å²) < 4.78 is 5.69. The third kappa shape index (κ3) is 1.88. The molecule has 1 aliphatic heterocycles. The van der Waals surface area contributed by atoms with Crippen LogP contribution in [0.15, 0.2) is 59.7 Å². The summed E-state index contributed by atoms with van der Waals surface area (Å²) in [5.74, 6) is 0.564. The van der Waals surface area contributed by atoms with Gasteiger partial charge in [-0.15, -0.1) is 5.10 Å². The first-order chi connectivity index (χ1) is 8.84. The van der Waals surface area contributed by atoms with E-state index in [1.54, 1.807) is 18.2 Å². The van der Waals surface area contributed by atoms with Gasteiger partial charge < -0.3 is 9.84 Å². The number of benzene rings is 2. The number of hydrogen-bond donors (Lipinski definition) is 2. The van der Waals surface area contributed by atoms with Gasteiger partial charge in [0.25, 0.3) is 0 Å². The lowest BCUT2D eigenvalue weighted by molar-refractivity contribution is 0.191. The van der Waals surface area contributed by atoms with Crippen LogP contribution in [0.2, 0.25) is 0 Å². The van der Waals surface area contributed by atoms with Crippen molar-refractivity contribution in [3.63, 3.8) is 0 Å². The fourth-order valence-electron chi connectivity index (χ4n) is 1.83. The zero-order chi connectivity index (χ0) is 12.4. The number of nitrogens with zero attached hydrogens (tertiary/aromatic N) is 1. The molecule has 1 heterocycles. The topological polar surface area (TPSA) is 53.9 Å². The van der Waals surface area contributed by atoms with Crippen molar-refractivity contribution < 1.29 is 9.84 Å². The fraction of sp³-hybridized carbons (Fsp3) is 0.0714. The monoisotopic (exact) mass is 240 g/mol. The van der Waals surface area contributed by atoms with Gasteiger partial charge in [-0.1, -0.05) is 42.5 Å². The lowest BCUT2D eigenvalue weighted by Gasteiger charge is -2.11. The van der Waals surface area contributed by atoms with Crippen molar-refractivity contribution in [2.45, 2.75) is 6.23 Å². The summed E-state index contributed by atoms with van der Waals surface area (Å²) in [6.07, 6.45) is -0.305. The number of hydrogen-bond acceptors (Lipinski definition) is 4. The molecule has 2 N–H and O–H groups in total. The Labute approximate surface area is 105 Å². The van der Waals surface area contributed by atoms with Crippen LogP contribution in [-0.2, 0) is 4.74 Å². The van der Waals surface area contributed by atoms with E-state index in [0.29, 0.717) is 11.5 Å². The van der Waals surface area contributed by atoms with Crippen LogP contribution in [0.25, 0.3) is 0 Å². The van der Waals surface area contributed by atoms with Gasteiger partial charge in [-0.3, -0.25) is 5.43 Å². The van der Waals surface area contributed by atoms with Crippen LogP contribution in [0, 0.1) is 0 Å². The molecule has 2 aromatic carbocycles. The summed E-state index contributed by atoms with van der Waals surface area (Å²) in [5.41, 5.74) is 4.48. The average molecular weight is 240 g/mol. The molecular weight excluding hydrogens is 228 g/mol. The Morgan fingerprint density at radius 3 is 2.50 bits per heavy atom. The second-order valence-corrected chi connectivity index (χ2v) is 3.97. The van der Waals surface area contributed by atoms with Crippen molar-refractivity contribution in [2.75, 3.05) is 0 Å². The van der Waals surface area contributed by atoms with Crippen molar-refractivity contribution in [1.29, 1.82) is 0 Å². The summed E-state index contributed by atoms with van der Waals surface area (Å²) in [7, 11) is 0. The van der Waals surface area contributed by atoms with Crippen LogP contribution < -0.4 is 5.43 Å². The number of rotatable bonds is 2. The maximum absolute atomic E-state index is 9.74. The van der Waals surface area contributed by atoms with Crippen LogP contribution in [0.1, 0.15) is 17.4 Å². The van der Waals surface area contributed by atoms with Crippen molar-refractivity contribution in [2.24, 2.45) is 5.10 Å². The van der Waals surface area contributed by atoms with E-state index in [4.69, 9.17) is 4.74 Å². The molecule has 0 aliphatic carbocycles. The van der Waals surface area contributed by atoms with Gasteiger partial charge in [0.15, 0.2) is 0 Å². The summed E-state index contributed by atoms with van der Waals surface area (Å²) in [6.45, 7) is 0. The predicted molar refractivity (Wildman–Crippen MR) is 68.0 cm³/mol. The molecule has 0 saturated heterocycles. The summed E-state index contributed by atoms with van der Waals surface area (Å²) in [4.78, 5) is 0. The Bertz CT molecular complexity index is 581. The average Bonchev–Trinajstić information content (AvgIpc) is 2.90. The van der Waals surface area contributed by atoms with Gasteiger partial charge in [0.2, 0.25) is 12.1 Å². The van der Waals surface area contributed by atoms with E-state index in [-0.39, 0.29) is 12.0 Å². The molecule has 3 rings (SSSR count). The van der Waals surface area contributed by atoms with Crippen molar-refractivity contribution in [3.05, 3.63) is 65.7 Å². The number of phenolic OH excluding ortho intramolecular Hbond substituents is 1. The highest BCUT2D eigenvalue weighted by atomic mass is 16.5. The molecule has 0 saturated carbocycles. The number of ether oxygens (including phenoxy) is 1. The van der Waals surface area contributed by atoms with Crippen molar-refractivity contribution in [3.8, 4) is 5.75 Å². The maximum Gasteiger partial charge on any atom is 0.244 e. The SMILES string of the molecule is Oc1ccccc1C1=NNC(c2ccccc2)O1. The molecule has 1 atom stereocenters. The molecule has 4 nitrogen and oxygen atoms in total. The van der Waals surface area contributed by atoms with Gasteiger partial charge in [-0.05, 0) is 12.1 Å². The fourth-order valence-corrected chi connectivity index (χ4v) is 1.83. The highest BCUT2D eigenvalue weighted by Crippen LogP contribution is 2.25. The van der Waals surface area contributed by atoms with Gasteiger partial charge in [0.1, 0.15) is 5.75 Å². The van der Waals surface area contributed by atoms with Gasteiger partial charge in [-0.25, -0.2) is 0 Å². The van der Waals surface area contributed by atoms with E-state index in [0.717, 1.165) is 5.56 Å². The Kier molecular flexibility index (Phi) is 2.61. The Hall–Kier alpha value is -2.49. The Morgan fingerprint density at radius 2 is 1.72 bits per heavy atom.